The van der Waals surface area contributed by atoms with Gasteiger partial charge < -0.3 is 4.74 Å². The normalized spacial score (nSPS) is 10.6. The number of ether oxygens (including phenoxy) is 1. The van der Waals surface area contributed by atoms with Crippen LogP contribution in [0.3, 0.4) is 0 Å². The molecule has 3 nitrogen and oxygen atoms in total. The van der Waals surface area contributed by atoms with Crippen molar-refractivity contribution in [2.45, 2.75) is 0 Å². The van der Waals surface area contributed by atoms with Gasteiger partial charge in [-0.3, -0.25) is 0 Å². The quantitative estimate of drug-likeness (QED) is 0.482. The van der Waals surface area contributed by atoms with Crippen LogP contribution in [0.2, 0.25) is 5.02 Å². The Labute approximate surface area is 134 Å². The van der Waals surface area contributed by atoms with Crippen LogP contribution in [0.1, 0.15) is 10.5 Å². The summed E-state index contributed by atoms with van der Waals surface area (Å²) in [5, 5.41) is 1.53. The monoisotopic (exact) mass is 361 g/mol. The highest BCUT2D eigenvalue weighted by molar-refractivity contribution is 9.10. The molecule has 0 N–H and O–H groups in total. The van der Waals surface area contributed by atoms with E-state index in [0.29, 0.717) is 15.2 Å². The fraction of sp³-hybridized carbons (Fsp3) is 0. The molecule has 3 rings (SSSR count). The molecule has 0 aliphatic heterocycles. The van der Waals surface area contributed by atoms with Gasteiger partial charge in [0.15, 0.2) is 0 Å². The first-order valence-electron chi connectivity index (χ1n) is 6.16. The van der Waals surface area contributed by atoms with Crippen LogP contribution in [-0.2, 0) is 0 Å². The third kappa shape index (κ3) is 3.06. The van der Waals surface area contributed by atoms with Crippen molar-refractivity contribution in [3.63, 3.8) is 0 Å². The van der Waals surface area contributed by atoms with Gasteiger partial charge in [0.25, 0.3) is 0 Å². The second-order valence-corrected chi connectivity index (χ2v) is 5.64. The molecule has 0 amide bonds. The molecular formula is C16H9BrClNO2. The summed E-state index contributed by atoms with van der Waals surface area (Å²) in [5.41, 5.74) is 1.01. The number of hydrogen-bond donors (Lipinski definition) is 0. The van der Waals surface area contributed by atoms with Crippen LogP contribution in [0.25, 0.3) is 10.9 Å². The summed E-state index contributed by atoms with van der Waals surface area (Å²) in [6.45, 7) is 0. The number of nitrogens with zero attached hydrogens (tertiary/aromatic N) is 1. The van der Waals surface area contributed by atoms with Crippen molar-refractivity contribution in [1.82, 2.24) is 4.98 Å². The summed E-state index contributed by atoms with van der Waals surface area (Å²) in [6, 6.07) is 16.0. The number of benzene rings is 2. The van der Waals surface area contributed by atoms with Crippen LogP contribution >= 0.6 is 27.5 Å². The Balaban J connectivity index is 1.89. The van der Waals surface area contributed by atoms with E-state index in [2.05, 4.69) is 20.9 Å². The summed E-state index contributed by atoms with van der Waals surface area (Å²) in [4.78, 5) is 16.5. The van der Waals surface area contributed by atoms with E-state index < -0.39 is 5.97 Å². The van der Waals surface area contributed by atoms with Gasteiger partial charge in [-0.2, -0.15) is 0 Å². The maximum atomic E-state index is 12.2. The molecule has 1 heterocycles. The number of aromatic nitrogens is 1. The zero-order chi connectivity index (χ0) is 14.8. The molecule has 0 fully saturated rings. The van der Waals surface area contributed by atoms with Crippen LogP contribution in [0.5, 0.6) is 5.75 Å². The minimum atomic E-state index is -0.510. The molecule has 3 aromatic rings. The molecule has 0 spiro atoms. The van der Waals surface area contributed by atoms with Crippen molar-refractivity contribution in [2.24, 2.45) is 0 Å². The van der Waals surface area contributed by atoms with Gasteiger partial charge in [-0.05, 0) is 46.3 Å². The third-order valence-electron chi connectivity index (χ3n) is 2.90. The average molecular weight is 363 g/mol. The fourth-order valence-electron chi connectivity index (χ4n) is 1.89. The summed E-state index contributed by atoms with van der Waals surface area (Å²) in [5.74, 6) is -0.108. The largest absolute Gasteiger partial charge is 0.421 e. The number of pyridine rings is 1. The molecule has 104 valence electrons. The summed E-state index contributed by atoms with van der Waals surface area (Å²) in [6.07, 6.45) is 0. The smallest absolute Gasteiger partial charge is 0.362 e. The number of fused-ring (bicyclic) bond motifs is 1. The van der Waals surface area contributed by atoms with E-state index in [1.165, 1.54) is 0 Å². The van der Waals surface area contributed by atoms with Crippen molar-refractivity contribution < 1.29 is 9.53 Å². The predicted molar refractivity (Wildman–Crippen MR) is 85.9 cm³/mol. The van der Waals surface area contributed by atoms with Crippen LogP contribution in [0, 0.1) is 0 Å². The number of esters is 1. The van der Waals surface area contributed by atoms with Gasteiger partial charge in [-0.15, -0.1) is 0 Å². The minimum Gasteiger partial charge on any atom is -0.421 e. The molecule has 0 atom stereocenters. The van der Waals surface area contributed by atoms with Crippen LogP contribution in [0.4, 0.5) is 0 Å². The zero-order valence-corrected chi connectivity index (χ0v) is 13.1. The number of carbonyl (C=O) groups excluding carboxylic acids is 1. The second-order valence-electron chi connectivity index (χ2n) is 4.35. The molecule has 21 heavy (non-hydrogen) atoms. The second kappa shape index (κ2) is 5.84. The SMILES string of the molecule is O=C(Oc1ccc(Cl)cc1Br)c1ccc2ccccc2n1. The Morgan fingerprint density at radius 2 is 1.90 bits per heavy atom. The highest BCUT2D eigenvalue weighted by atomic mass is 79.9. The van der Waals surface area contributed by atoms with Crippen molar-refractivity contribution >= 4 is 44.4 Å². The summed E-state index contributed by atoms with van der Waals surface area (Å²) < 4.78 is 5.94. The van der Waals surface area contributed by atoms with Crippen molar-refractivity contribution in [2.75, 3.05) is 0 Å². The number of halogens is 2. The van der Waals surface area contributed by atoms with Gasteiger partial charge in [0.05, 0.1) is 9.99 Å². The molecule has 0 saturated carbocycles. The number of rotatable bonds is 2. The van der Waals surface area contributed by atoms with Crippen molar-refractivity contribution in [3.05, 3.63) is 69.8 Å². The highest BCUT2D eigenvalue weighted by Gasteiger charge is 2.13. The lowest BCUT2D eigenvalue weighted by atomic mass is 10.2. The van der Waals surface area contributed by atoms with Crippen molar-refractivity contribution in [3.8, 4) is 5.75 Å². The van der Waals surface area contributed by atoms with E-state index in [-0.39, 0.29) is 5.69 Å². The highest BCUT2D eigenvalue weighted by Crippen LogP contribution is 2.28. The third-order valence-corrected chi connectivity index (χ3v) is 3.76. The number of carbonyl (C=O) groups is 1. The molecule has 0 aliphatic rings. The first kappa shape index (κ1) is 14.0. The van der Waals surface area contributed by atoms with E-state index in [9.17, 15) is 4.79 Å². The standard InChI is InChI=1S/C16H9BrClNO2/c17-12-9-11(18)6-8-15(12)21-16(20)14-7-5-10-3-1-2-4-13(10)19-14/h1-9H. The van der Waals surface area contributed by atoms with E-state index in [1.54, 1.807) is 24.3 Å². The van der Waals surface area contributed by atoms with Crippen LogP contribution in [-0.4, -0.2) is 11.0 Å². The van der Waals surface area contributed by atoms with Gasteiger partial charge in [0, 0.05) is 10.4 Å². The molecule has 0 bridgehead atoms. The van der Waals surface area contributed by atoms with Gasteiger partial charge in [0.1, 0.15) is 11.4 Å². The molecule has 0 radical (unpaired) electrons. The fourth-order valence-corrected chi connectivity index (χ4v) is 2.65. The molecule has 0 unspecified atom stereocenters. The Bertz CT molecular complexity index is 835. The zero-order valence-electron chi connectivity index (χ0n) is 10.7. The van der Waals surface area contributed by atoms with Gasteiger partial charge in [-0.25, -0.2) is 9.78 Å². The lowest BCUT2D eigenvalue weighted by molar-refractivity contribution is 0.0728. The molecular weight excluding hydrogens is 354 g/mol. The number of para-hydroxylation sites is 1. The van der Waals surface area contributed by atoms with E-state index in [4.69, 9.17) is 16.3 Å². The van der Waals surface area contributed by atoms with Gasteiger partial charge in [-0.1, -0.05) is 35.9 Å². The van der Waals surface area contributed by atoms with Crippen LogP contribution < -0.4 is 4.74 Å². The van der Waals surface area contributed by atoms with E-state index in [1.807, 2.05) is 30.3 Å². The predicted octanol–water partition coefficient (Wildman–Crippen LogP) is 4.87. The first-order valence-corrected chi connectivity index (χ1v) is 7.33. The maximum Gasteiger partial charge on any atom is 0.362 e. The molecule has 2 aromatic carbocycles. The Morgan fingerprint density at radius 3 is 2.71 bits per heavy atom. The molecule has 1 aromatic heterocycles. The topological polar surface area (TPSA) is 39.2 Å². The Kier molecular flexibility index (Phi) is 3.90. The van der Waals surface area contributed by atoms with Gasteiger partial charge in [0.2, 0.25) is 0 Å². The maximum absolute atomic E-state index is 12.2. The van der Waals surface area contributed by atoms with E-state index >= 15 is 0 Å². The molecule has 5 heteroatoms. The summed E-state index contributed by atoms with van der Waals surface area (Å²) in [7, 11) is 0. The summed E-state index contributed by atoms with van der Waals surface area (Å²) >= 11 is 9.16. The Hall–Kier alpha value is -1.91. The molecule has 0 aliphatic carbocycles. The number of hydrogen-bond acceptors (Lipinski definition) is 3. The van der Waals surface area contributed by atoms with Crippen molar-refractivity contribution in [1.29, 1.82) is 0 Å². The average Bonchev–Trinajstić information content (AvgIpc) is 2.49. The van der Waals surface area contributed by atoms with E-state index in [0.717, 1.165) is 10.9 Å². The molecule has 0 saturated heterocycles. The van der Waals surface area contributed by atoms with Gasteiger partial charge >= 0.3 is 5.97 Å². The minimum absolute atomic E-state index is 0.260. The lowest BCUT2D eigenvalue weighted by Crippen LogP contribution is -2.10. The Morgan fingerprint density at radius 1 is 1.10 bits per heavy atom. The lowest BCUT2D eigenvalue weighted by Gasteiger charge is -2.07. The first-order chi connectivity index (χ1) is 10.1. The van der Waals surface area contributed by atoms with Crippen LogP contribution in [0.15, 0.2) is 59.1 Å².